The maximum Gasteiger partial charge on any atom is 0.148 e. The molecule has 3 heteroatoms. The molecule has 2 heterocycles. The van der Waals surface area contributed by atoms with Crippen molar-refractivity contribution in [1.82, 2.24) is 14.4 Å². The lowest BCUT2D eigenvalue weighted by Crippen LogP contribution is -2.42. The Labute approximate surface area is 183 Å². The van der Waals surface area contributed by atoms with Crippen molar-refractivity contribution in [3.63, 3.8) is 0 Å². The highest BCUT2D eigenvalue weighted by Gasteiger charge is 2.57. The van der Waals surface area contributed by atoms with E-state index in [2.05, 4.69) is 78.8 Å². The third-order valence-electron chi connectivity index (χ3n) is 8.33. The Kier molecular flexibility index (Phi) is 2.95. The molecule has 0 unspecified atom stereocenters. The van der Waals surface area contributed by atoms with E-state index in [4.69, 9.17) is 14.1 Å². The Morgan fingerprint density at radius 3 is 2.13 bits per heavy atom. The summed E-state index contributed by atoms with van der Waals surface area (Å²) in [5.74, 6) is 0.812. The molecule has 30 heavy (non-hydrogen) atoms. The predicted molar refractivity (Wildman–Crippen MR) is 127 cm³/mol. The molecule has 2 aromatic heterocycles. The van der Waals surface area contributed by atoms with E-state index in [0.717, 1.165) is 16.9 Å². The highest BCUT2D eigenvalue weighted by molar-refractivity contribution is 5.97. The zero-order chi connectivity index (χ0) is 24.5. The number of benzene rings is 2. The van der Waals surface area contributed by atoms with E-state index >= 15 is 0 Å². The number of rotatable bonds is 0. The second-order valence-corrected chi connectivity index (χ2v) is 11.5. The zero-order valence-corrected chi connectivity index (χ0v) is 19.6. The summed E-state index contributed by atoms with van der Waals surface area (Å²) in [7, 11) is 0. The standard InChI is InChI=1S/C27H33N3/c1-24(2,3)23-29-19-13-11-10-12-16(19)22-28-20-14-17-18(15-21(20)30(22)23)26(6,7)27(8,9)25(17,4)5/h10-15H,1-9H3/i10D,11D,13D. The second kappa shape index (κ2) is 5.43. The van der Waals surface area contributed by atoms with Gasteiger partial charge in [0.15, 0.2) is 0 Å². The maximum atomic E-state index is 8.49. The van der Waals surface area contributed by atoms with E-state index in [1.165, 1.54) is 11.1 Å². The summed E-state index contributed by atoms with van der Waals surface area (Å²) in [6.07, 6.45) is 0. The molecule has 1 aliphatic rings. The summed E-state index contributed by atoms with van der Waals surface area (Å²) in [5, 5.41) is 0.657. The SMILES string of the molecule is [2H]c1cc2c(nc(C(C)(C)C)n3c4cc5c(cc4nc23)C(C)(C)C(C)(C)C5(C)C)c([2H])c1[2H]. The Balaban J connectivity index is 2.02. The van der Waals surface area contributed by atoms with Crippen LogP contribution in [0.3, 0.4) is 0 Å². The van der Waals surface area contributed by atoms with Gasteiger partial charge in [-0.05, 0) is 51.6 Å². The normalized spacial score (nSPS) is 21.0. The molecular weight excluding hydrogens is 366 g/mol. The molecule has 0 spiro atoms. The van der Waals surface area contributed by atoms with Gasteiger partial charge >= 0.3 is 0 Å². The number of para-hydroxylation sites is 1. The van der Waals surface area contributed by atoms with Gasteiger partial charge in [0.2, 0.25) is 0 Å². The van der Waals surface area contributed by atoms with Crippen LogP contribution in [0.4, 0.5) is 0 Å². The van der Waals surface area contributed by atoms with Gasteiger partial charge in [-0.25, -0.2) is 9.97 Å². The lowest BCUT2D eigenvalue weighted by Gasteiger charge is -2.44. The lowest BCUT2D eigenvalue weighted by molar-refractivity contribution is 0.125. The molecule has 0 radical (unpaired) electrons. The van der Waals surface area contributed by atoms with E-state index in [-0.39, 0.29) is 39.8 Å². The fourth-order valence-corrected chi connectivity index (χ4v) is 5.26. The number of aromatic nitrogens is 3. The summed E-state index contributed by atoms with van der Waals surface area (Å²) in [6.45, 7) is 20.4. The average molecular weight is 403 g/mol. The Morgan fingerprint density at radius 2 is 1.50 bits per heavy atom. The number of fused-ring (bicyclic) bond motifs is 6. The smallest absolute Gasteiger partial charge is 0.148 e. The first-order chi connectivity index (χ1) is 15.0. The molecule has 0 N–H and O–H groups in total. The number of nitrogens with zero attached hydrogens (tertiary/aromatic N) is 3. The van der Waals surface area contributed by atoms with Crippen molar-refractivity contribution in [3.05, 3.63) is 53.3 Å². The molecule has 0 atom stereocenters. The highest BCUT2D eigenvalue weighted by atomic mass is 15.1. The molecular formula is C27H33N3. The first kappa shape index (κ1) is 16.3. The fraction of sp³-hybridized carbons (Fsp3) is 0.481. The Hall–Kier alpha value is -2.42. The van der Waals surface area contributed by atoms with Crippen LogP contribution in [0.25, 0.3) is 27.6 Å². The van der Waals surface area contributed by atoms with E-state index in [0.29, 0.717) is 16.6 Å². The molecule has 0 amide bonds. The molecule has 2 aromatic carbocycles. The largest absolute Gasteiger partial charge is 0.279 e. The molecule has 3 nitrogen and oxygen atoms in total. The van der Waals surface area contributed by atoms with Crippen LogP contribution < -0.4 is 0 Å². The average Bonchev–Trinajstić information content (AvgIpc) is 3.12. The predicted octanol–water partition coefficient (Wildman–Crippen LogP) is 6.93. The van der Waals surface area contributed by atoms with Crippen LogP contribution in [-0.4, -0.2) is 14.4 Å². The van der Waals surface area contributed by atoms with Crippen LogP contribution in [0.1, 0.15) is 83.4 Å². The summed E-state index contributed by atoms with van der Waals surface area (Å²) in [4.78, 5) is 9.98. The van der Waals surface area contributed by atoms with Gasteiger partial charge in [-0.1, -0.05) is 74.4 Å². The van der Waals surface area contributed by atoms with E-state index in [1.54, 1.807) is 6.07 Å². The van der Waals surface area contributed by atoms with Crippen molar-refractivity contribution < 1.29 is 4.11 Å². The monoisotopic (exact) mass is 402 g/mol. The minimum absolute atomic E-state index is 0.0101. The summed E-state index contributed by atoms with van der Waals surface area (Å²) in [6, 6.07) is 6.10. The van der Waals surface area contributed by atoms with Crippen molar-refractivity contribution in [1.29, 1.82) is 0 Å². The molecule has 5 rings (SSSR count). The van der Waals surface area contributed by atoms with Crippen LogP contribution in [-0.2, 0) is 16.2 Å². The second-order valence-electron chi connectivity index (χ2n) is 11.5. The third kappa shape index (κ3) is 2.16. The molecule has 0 saturated carbocycles. The minimum atomic E-state index is -0.304. The van der Waals surface area contributed by atoms with Gasteiger partial charge in [0, 0.05) is 10.8 Å². The minimum Gasteiger partial charge on any atom is -0.279 e. The Bertz CT molecular complexity index is 1500. The first-order valence-corrected chi connectivity index (χ1v) is 10.8. The van der Waals surface area contributed by atoms with E-state index in [9.17, 15) is 0 Å². The van der Waals surface area contributed by atoms with Gasteiger partial charge in [-0.2, -0.15) is 0 Å². The van der Waals surface area contributed by atoms with Gasteiger partial charge in [-0.15, -0.1) is 0 Å². The maximum absolute atomic E-state index is 8.49. The van der Waals surface area contributed by atoms with Crippen molar-refractivity contribution in [2.24, 2.45) is 5.41 Å². The highest BCUT2D eigenvalue weighted by Crippen LogP contribution is 2.61. The molecule has 0 aliphatic heterocycles. The van der Waals surface area contributed by atoms with Gasteiger partial charge < -0.3 is 0 Å². The summed E-state index contributed by atoms with van der Waals surface area (Å²) >= 11 is 0. The van der Waals surface area contributed by atoms with Crippen LogP contribution in [0.2, 0.25) is 0 Å². The van der Waals surface area contributed by atoms with Crippen molar-refractivity contribution in [3.8, 4) is 0 Å². The van der Waals surface area contributed by atoms with E-state index in [1.807, 2.05) is 0 Å². The van der Waals surface area contributed by atoms with Crippen LogP contribution in [0.15, 0.2) is 36.3 Å². The number of hydrogen-bond acceptors (Lipinski definition) is 2. The summed E-state index contributed by atoms with van der Waals surface area (Å²) in [5.41, 5.74) is 5.45. The van der Waals surface area contributed by atoms with Crippen LogP contribution in [0.5, 0.6) is 0 Å². The van der Waals surface area contributed by atoms with Crippen molar-refractivity contribution in [2.75, 3.05) is 0 Å². The topological polar surface area (TPSA) is 30.2 Å². The summed E-state index contributed by atoms with van der Waals surface area (Å²) < 4.78 is 27.0. The van der Waals surface area contributed by atoms with Crippen molar-refractivity contribution >= 4 is 27.6 Å². The number of hydrogen-bond donors (Lipinski definition) is 0. The van der Waals surface area contributed by atoms with E-state index < -0.39 is 0 Å². The third-order valence-corrected chi connectivity index (χ3v) is 8.33. The van der Waals surface area contributed by atoms with Gasteiger partial charge in [0.25, 0.3) is 0 Å². The lowest BCUT2D eigenvalue weighted by atomic mass is 9.59. The zero-order valence-electron chi connectivity index (χ0n) is 22.6. The van der Waals surface area contributed by atoms with Gasteiger partial charge in [-0.3, -0.25) is 4.40 Å². The van der Waals surface area contributed by atoms with Crippen LogP contribution >= 0.6 is 0 Å². The molecule has 0 bridgehead atoms. The molecule has 4 aromatic rings. The Morgan fingerprint density at radius 1 is 0.867 bits per heavy atom. The molecule has 1 aliphatic carbocycles. The molecule has 0 saturated heterocycles. The van der Waals surface area contributed by atoms with Gasteiger partial charge in [0.05, 0.1) is 20.7 Å². The van der Waals surface area contributed by atoms with Gasteiger partial charge in [0.1, 0.15) is 11.5 Å². The van der Waals surface area contributed by atoms with Crippen molar-refractivity contribution in [2.45, 2.75) is 78.6 Å². The molecule has 156 valence electrons. The first-order valence-electron chi connectivity index (χ1n) is 12.3. The number of imidazole rings is 1. The molecule has 0 fully saturated rings. The fourth-order valence-electron chi connectivity index (χ4n) is 5.26. The quantitative estimate of drug-likeness (QED) is 0.319. The van der Waals surface area contributed by atoms with Crippen LogP contribution in [0, 0.1) is 5.41 Å².